The van der Waals surface area contributed by atoms with Crippen molar-refractivity contribution in [2.24, 2.45) is 0 Å². The maximum atomic E-state index is 14.0. The number of ether oxygens (including phenoxy) is 4. The van der Waals surface area contributed by atoms with Crippen molar-refractivity contribution in [3.8, 4) is 0 Å². The van der Waals surface area contributed by atoms with Gasteiger partial charge >= 0.3 is 30.0 Å². The van der Waals surface area contributed by atoms with E-state index in [9.17, 15) is 43.2 Å². The SMILES string of the molecule is CC(C)(C)OC(=O)CC[C@H](NC(=O)N[C@@H](CCC(=O)NCCCCCCCC(=O)N[C@@H](Cc1ccccc1)C(=O)N[C@@H](Cc1ccccc1)C(=O)NCCNC(=O)OCc1ccccc1)C(=O)OC(C)(C)C)C(=O)OC(C)(C)C. The van der Waals surface area contributed by atoms with Crippen molar-refractivity contribution in [3.63, 3.8) is 0 Å². The molecule has 0 saturated carbocycles. The zero-order valence-electron chi connectivity index (χ0n) is 47.6. The molecule has 434 valence electrons. The van der Waals surface area contributed by atoms with Crippen molar-refractivity contribution in [3.05, 3.63) is 108 Å². The maximum Gasteiger partial charge on any atom is 0.407 e. The molecule has 0 unspecified atom stereocenters. The second kappa shape index (κ2) is 33.7. The highest BCUT2D eigenvalue weighted by molar-refractivity contribution is 5.92. The molecule has 0 bridgehead atoms. The third-order valence-corrected chi connectivity index (χ3v) is 11.4. The zero-order chi connectivity index (χ0) is 58.4. The molecule has 0 aliphatic carbocycles. The Labute approximate surface area is 465 Å². The molecule has 0 aromatic heterocycles. The molecule has 0 spiro atoms. The number of carbonyl (C=O) groups is 9. The lowest BCUT2D eigenvalue weighted by atomic mass is 10.0. The summed E-state index contributed by atoms with van der Waals surface area (Å²) in [5.41, 5.74) is -0.116. The van der Waals surface area contributed by atoms with E-state index in [1.54, 1.807) is 62.3 Å². The Hall–Kier alpha value is -7.51. The standard InChI is InChI=1S/C59H85N7O13/c1-57(2,3)77-50(69)34-32-45(54(73)79-59(7,8)9)66-55(74)65-44(53(72)78-58(4,5)6)31-33-48(67)60-35-23-12-10-11-22-30-49(68)63-47(39-42-26-18-14-19-27-42)52(71)64-46(38-41-24-16-13-17-25-41)51(70)61-36-37-62-56(75)76-40-43-28-20-15-21-29-43/h13-21,24-29,44-47H,10-12,22-23,30-40H2,1-9H3,(H,60,67)(H,61,70)(H,62,75)(H,63,68)(H,64,71)(H2,65,66,74)/t44-,45-,46-,47-/m0/s1. The van der Waals surface area contributed by atoms with Crippen molar-refractivity contribution >= 4 is 53.7 Å². The Morgan fingerprint density at radius 2 is 0.873 bits per heavy atom. The number of carbonyl (C=O) groups excluding carboxylic acids is 9. The van der Waals surface area contributed by atoms with Gasteiger partial charge in [-0.1, -0.05) is 110 Å². The molecule has 3 aromatic rings. The molecule has 20 nitrogen and oxygen atoms in total. The molecule has 0 saturated heterocycles. The molecule has 3 aromatic carbocycles. The van der Waals surface area contributed by atoms with Crippen molar-refractivity contribution in [2.45, 2.75) is 187 Å². The highest BCUT2D eigenvalue weighted by Gasteiger charge is 2.32. The molecule has 4 atom stereocenters. The van der Waals surface area contributed by atoms with Crippen LogP contribution in [0.2, 0.25) is 0 Å². The summed E-state index contributed by atoms with van der Waals surface area (Å²) in [6, 6.07) is 22.3. The second-order valence-electron chi connectivity index (χ2n) is 22.2. The topological polar surface area (TPSA) is 275 Å². The van der Waals surface area contributed by atoms with Crippen molar-refractivity contribution in [2.75, 3.05) is 19.6 Å². The normalized spacial score (nSPS) is 12.9. The summed E-state index contributed by atoms with van der Waals surface area (Å²) in [4.78, 5) is 118. The first-order chi connectivity index (χ1) is 37.2. The minimum absolute atomic E-state index is 0.0723. The van der Waals surface area contributed by atoms with Gasteiger partial charge in [0, 0.05) is 51.7 Å². The molecular formula is C59H85N7O13. The molecule has 3 rings (SSSR count). The summed E-state index contributed by atoms with van der Waals surface area (Å²) in [7, 11) is 0. The van der Waals surface area contributed by atoms with Gasteiger partial charge in [0.1, 0.15) is 47.6 Å². The van der Waals surface area contributed by atoms with Gasteiger partial charge in [-0.05, 0) is 105 Å². The van der Waals surface area contributed by atoms with Crippen LogP contribution < -0.4 is 37.2 Å². The van der Waals surface area contributed by atoms with Gasteiger partial charge in [-0.3, -0.25) is 24.0 Å². The molecule has 20 heteroatoms. The minimum Gasteiger partial charge on any atom is -0.460 e. The van der Waals surface area contributed by atoms with E-state index in [0.717, 1.165) is 29.5 Å². The monoisotopic (exact) mass is 1100 g/mol. The minimum atomic E-state index is -1.26. The predicted molar refractivity (Wildman–Crippen MR) is 298 cm³/mol. The van der Waals surface area contributed by atoms with Gasteiger partial charge < -0.3 is 56.2 Å². The molecule has 7 amide bonds. The highest BCUT2D eigenvalue weighted by Crippen LogP contribution is 2.16. The number of esters is 3. The molecule has 0 aliphatic rings. The Morgan fingerprint density at radius 3 is 1.39 bits per heavy atom. The highest BCUT2D eigenvalue weighted by atomic mass is 16.6. The third-order valence-electron chi connectivity index (χ3n) is 11.4. The Morgan fingerprint density at radius 1 is 0.418 bits per heavy atom. The van der Waals surface area contributed by atoms with Gasteiger partial charge in [0.05, 0.1) is 0 Å². The number of rotatable bonds is 31. The second-order valence-corrected chi connectivity index (χ2v) is 22.2. The summed E-state index contributed by atoms with van der Waals surface area (Å²) in [6.07, 6.45) is 2.69. The van der Waals surface area contributed by atoms with Gasteiger partial charge in [-0.25, -0.2) is 19.2 Å². The van der Waals surface area contributed by atoms with E-state index >= 15 is 0 Å². The fourth-order valence-corrected chi connectivity index (χ4v) is 7.69. The van der Waals surface area contributed by atoms with Crippen LogP contribution >= 0.6 is 0 Å². The Balaban J connectivity index is 1.48. The van der Waals surface area contributed by atoms with Crippen LogP contribution in [0.4, 0.5) is 9.59 Å². The van der Waals surface area contributed by atoms with Crippen molar-refractivity contribution in [1.29, 1.82) is 0 Å². The molecular weight excluding hydrogens is 1010 g/mol. The van der Waals surface area contributed by atoms with Crippen molar-refractivity contribution < 1.29 is 62.1 Å². The lowest BCUT2D eigenvalue weighted by molar-refractivity contribution is -0.159. The lowest BCUT2D eigenvalue weighted by Crippen LogP contribution is -2.55. The number of benzene rings is 3. The summed E-state index contributed by atoms with van der Waals surface area (Å²) >= 11 is 0. The molecule has 0 aliphatic heterocycles. The van der Waals surface area contributed by atoms with Crippen LogP contribution in [0.5, 0.6) is 0 Å². The van der Waals surface area contributed by atoms with E-state index in [4.69, 9.17) is 18.9 Å². The van der Waals surface area contributed by atoms with E-state index in [0.29, 0.717) is 25.8 Å². The number of hydrogen-bond donors (Lipinski definition) is 7. The number of amides is 7. The average molecular weight is 1100 g/mol. The Kier molecular flexibility index (Phi) is 28.1. The van der Waals surface area contributed by atoms with E-state index in [-0.39, 0.29) is 76.5 Å². The molecule has 79 heavy (non-hydrogen) atoms. The number of hydrogen-bond acceptors (Lipinski definition) is 13. The van der Waals surface area contributed by atoms with E-state index in [1.165, 1.54) is 0 Å². The predicted octanol–water partition coefficient (Wildman–Crippen LogP) is 6.56. The van der Waals surface area contributed by atoms with Crippen LogP contribution in [-0.4, -0.2) is 114 Å². The first kappa shape index (κ1) is 65.8. The van der Waals surface area contributed by atoms with Gasteiger partial charge in [0.25, 0.3) is 0 Å². The summed E-state index contributed by atoms with van der Waals surface area (Å²) < 4.78 is 21.6. The molecule has 0 fully saturated rings. The van der Waals surface area contributed by atoms with Crippen LogP contribution in [0, 0.1) is 0 Å². The summed E-state index contributed by atoms with van der Waals surface area (Å²) in [5.74, 6) is -3.82. The molecule has 0 heterocycles. The fourth-order valence-electron chi connectivity index (χ4n) is 7.69. The smallest absolute Gasteiger partial charge is 0.407 e. The lowest BCUT2D eigenvalue weighted by Gasteiger charge is -2.27. The third kappa shape index (κ3) is 30.3. The van der Waals surface area contributed by atoms with Gasteiger partial charge in [0.2, 0.25) is 23.6 Å². The van der Waals surface area contributed by atoms with Gasteiger partial charge in [-0.2, -0.15) is 0 Å². The zero-order valence-corrected chi connectivity index (χ0v) is 47.6. The average Bonchev–Trinajstić information content (AvgIpc) is 3.37. The Bertz CT molecular complexity index is 2400. The fraction of sp³-hybridized carbons (Fsp3) is 0.542. The van der Waals surface area contributed by atoms with Crippen LogP contribution in [0.15, 0.2) is 91.0 Å². The molecule has 0 radical (unpaired) electrons. The first-order valence-corrected chi connectivity index (χ1v) is 27.2. The van der Waals surface area contributed by atoms with Crippen LogP contribution in [0.3, 0.4) is 0 Å². The number of unbranched alkanes of at least 4 members (excludes halogenated alkanes) is 4. The largest absolute Gasteiger partial charge is 0.460 e. The summed E-state index contributed by atoms with van der Waals surface area (Å²) in [5, 5.41) is 19.0. The summed E-state index contributed by atoms with van der Waals surface area (Å²) in [6.45, 7) is 15.7. The van der Waals surface area contributed by atoms with E-state index in [1.807, 2.05) is 91.0 Å². The molecule has 7 N–H and O–H groups in total. The van der Waals surface area contributed by atoms with Crippen molar-refractivity contribution in [1.82, 2.24) is 37.2 Å². The van der Waals surface area contributed by atoms with Crippen LogP contribution in [0.1, 0.15) is 143 Å². The maximum absolute atomic E-state index is 14.0. The number of alkyl carbamates (subject to hydrolysis) is 1. The number of urea groups is 1. The number of nitrogens with one attached hydrogen (secondary N) is 7. The first-order valence-electron chi connectivity index (χ1n) is 27.2. The van der Waals surface area contributed by atoms with E-state index < -0.39 is 82.8 Å². The van der Waals surface area contributed by atoms with Crippen LogP contribution in [0.25, 0.3) is 0 Å². The van der Waals surface area contributed by atoms with Gasteiger partial charge in [-0.15, -0.1) is 0 Å². The van der Waals surface area contributed by atoms with Crippen LogP contribution in [-0.2, 0) is 72.0 Å². The van der Waals surface area contributed by atoms with E-state index in [2.05, 4.69) is 37.2 Å². The van der Waals surface area contributed by atoms with Gasteiger partial charge in [0.15, 0.2) is 0 Å². The quantitative estimate of drug-likeness (QED) is 0.0205.